The first-order chi connectivity index (χ1) is 10.1. The third-order valence-corrected chi connectivity index (χ3v) is 4.31. The zero-order chi connectivity index (χ0) is 16.7. The second kappa shape index (κ2) is 6.53. The van der Waals surface area contributed by atoms with Crippen LogP contribution in [0, 0.1) is 0 Å². The summed E-state index contributed by atoms with van der Waals surface area (Å²) in [6.07, 6.45) is -3.66. The van der Waals surface area contributed by atoms with E-state index in [0.29, 0.717) is 3.58 Å². The summed E-state index contributed by atoms with van der Waals surface area (Å²) in [5, 5.41) is 22.4. The molecule has 1 saturated heterocycles. The molecule has 22 heavy (non-hydrogen) atoms. The van der Waals surface area contributed by atoms with Gasteiger partial charge in [0.15, 0.2) is 6.23 Å². The fourth-order valence-corrected chi connectivity index (χ4v) is 2.78. The summed E-state index contributed by atoms with van der Waals surface area (Å²) >= 11 is 1.78. The highest BCUT2D eigenvalue weighted by Crippen LogP contribution is 2.37. The van der Waals surface area contributed by atoms with E-state index < -0.39 is 39.0 Å². The van der Waals surface area contributed by atoms with Gasteiger partial charge >= 0.3 is 7.82 Å². The lowest BCUT2D eigenvalue weighted by atomic mass is 10.1. The molecule has 2 aliphatic rings. The predicted octanol–water partition coefficient (Wildman–Crippen LogP) is -1.28. The minimum absolute atomic E-state index is 0.137. The number of aliphatic hydroxyl groups is 2. The predicted molar refractivity (Wildman–Crippen MR) is 79.9 cm³/mol. The van der Waals surface area contributed by atoms with Crippen molar-refractivity contribution in [2.75, 3.05) is 6.61 Å². The molecule has 1 unspecified atom stereocenters. The van der Waals surface area contributed by atoms with Crippen molar-refractivity contribution in [3.05, 3.63) is 22.2 Å². The fourth-order valence-electron chi connectivity index (χ4n) is 2.01. The first kappa shape index (κ1) is 17.8. The van der Waals surface area contributed by atoms with E-state index in [4.69, 9.17) is 14.5 Å². The first-order valence-corrected chi connectivity index (χ1v) is 8.58. The third-order valence-electron chi connectivity index (χ3n) is 3.06. The highest BCUT2D eigenvalue weighted by atomic mass is 127. The Morgan fingerprint density at radius 1 is 1.45 bits per heavy atom. The lowest BCUT2D eigenvalue weighted by molar-refractivity contribution is -0.118. The molecule has 124 valence electrons. The largest absolute Gasteiger partial charge is 0.469 e. The number of nitrogens with one attached hydrogen (secondary N) is 1. The summed E-state index contributed by atoms with van der Waals surface area (Å²) in [5.41, 5.74) is 0. The molecule has 1 fully saturated rings. The molecule has 0 aromatic carbocycles. The normalized spacial score (nSPS) is 33.0. The van der Waals surface area contributed by atoms with Gasteiger partial charge in [0.2, 0.25) is 0 Å². The van der Waals surface area contributed by atoms with Crippen LogP contribution in [0.15, 0.2) is 22.2 Å². The Bertz CT molecular complexity index is 563. The highest BCUT2D eigenvalue weighted by Gasteiger charge is 2.47. The summed E-state index contributed by atoms with van der Waals surface area (Å²) in [6, 6.07) is 0. The first-order valence-electron chi connectivity index (χ1n) is 5.98. The van der Waals surface area contributed by atoms with Gasteiger partial charge in [0.1, 0.15) is 24.1 Å². The number of ether oxygens (including phenoxy) is 1. The molecule has 0 aromatic heterocycles. The van der Waals surface area contributed by atoms with E-state index in [9.17, 15) is 19.6 Å². The summed E-state index contributed by atoms with van der Waals surface area (Å²) in [7, 11) is -4.72. The Labute approximate surface area is 138 Å². The average Bonchev–Trinajstić information content (AvgIpc) is 2.68. The van der Waals surface area contributed by atoms with E-state index in [1.807, 2.05) is 0 Å². The third kappa shape index (κ3) is 3.86. The molecule has 2 heterocycles. The van der Waals surface area contributed by atoms with Crippen LogP contribution in [0.2, 0.25) is 0 Å². The number of phosphoric acid groups is 1. The maximum atomic E-state index is 11.5. The fraction of sp³-hybridized carbons (Fsp3) is 0.500. The van der Waals surface area contributed by atoms with Crippen molar-refractivity contribution in [3.8, 4) is 0 Å². The Kier molecular flexibility index (Phi) is 5.29. The number of aliphatic hydroxyl groups excluding tert-OH is 2. The number of phosphoric ester groups is 1. The van der Waals surface area contributed by atoms with Crippen molar-refractivity contribution in [2.45, 2.75) is 24.5 Å². The van der Waals surface area contributed by atoms with Gasteiger partial charge < -0.3 is 35.0 Å². The van der Waals surface area contributed by atoms with Gasteiger partial charge in [-0.3, -0.25) is 9.32 Å². The Morgan fingerprint density at radius 3 is 2.68 bits per heavy atom. The summed E-state index contributed by atoms with van der Waals surface area (Å²) in [6.45, 7) is 3.01. The van der Waals surface area contributed by atoms with Crippen LogP contribution in [0.25, 0.3) is 0 Å². The van der Waals surface area contributed by atoms with Crippen LogP contribution in [-0.4, -0.2) is 62.0 Å². The Balaban J connectivity index is 2.11. The van der Waals surface area contributed by atoms with Crippen molar-refractivity contribution in [2.24, 2.45) is 0 Å². The molecule has 0 spiro atoms. The van der Waals surface area contributed by atoms with Crippen molar-refractivity contribution in [1.29, 1.82) is 0 Å². The maximum Gasteiger partial charge on any atom is 0.469 e. The summed E-state index contributed by atoms with van der Waals surface area (Å²) in [4.78, 5) is 30.1. The molecule has 5 N–H and O–H groups in total. The number of rotatable bonds is 4. The summed E-state index contributed by atoms with van der Waals surface area (Å²) in [5.74, 6) is -0.227. The molecule has 12 heteroatoms. The monoisotopic (exact) mass is 448 g/mol. The van der Waals surface area contributed by atoms with Gasteiger partial charge in [-0.15, -0.1) is 0 Å². The van der Waals surface area contributed by atoms with E-state index in [-0.39, 0.29) is 11.7 Å². The summed E-state index contributed by atoms with van der Waals surface area (Å²) < 4.78 is 20.6. The van der Waals surface area contributed by atoms with Gasteiger partial charge in [0, 0.05) is 6.20 Å². The van der Waals surface area contributed by atoms with Crippen molar-refractivity contribution in [1.82, 2.24) is 10.2 Å². The average molecular weight is 448 g/mol. The van der Waals surface area contributed by atoms with E-state index in [2.05, 4.69) is 16.4 Å². The molecule has 2 rings (SSSR count). The minimum atomic E-state index is -4.72. The van der Waals surface area contributed by atoms with Crippen molar-refractivity contribution < 1.29 is 38.6 Å². The zero-order valence-electron chi connectivity index (χ0n) is 11.0. The number of hydrogen-bond donors (Lipinski definition) is 5. The highest BCUT2D eigenvalue weighted by molar-refractivity contribution is 14.1. The van der Waals surface area contributed by atoms with Gasteiger partial charge in [-0.1, -0.05) is 6.58 Å². The molecule has 10 nitrogen and oxygen atoms in total. The molecule has 0 aliphatic carbocycles. The lowest BCUT2D eigenvalue weighted by Gasteiger charge is -2.33. The van der Waals surface area contributed by atoms with Crippen LogP contribution in [0.4, 0.5) is 0 Å². The second-order valence-electron chi connectivity index (χ2n) is 4.62. The van der Waals surface area contributed by atoms with Crippen LogP contribution in [0.5, 0.6) is 0 Å². The molecule has 0 saturated carbocycles. The number of halogens is 1. The standard InChI is InChI=1S/C10H14IN2O8P/c1-4-12-9(16)5(11)2-13(4)10-8(15)7(14)6(21-10)3-20-22(17,18)19/h2,6-8,10,14-15H,1,3H2,(H,12,16)(H2,17,18,19)/t6-,7-,8-,10?/m1/s1. The number of carbonyl (C=O) groups is 1. The minimum Gasteiger partial charge on any atom is -0.387 e. The van der Waals surface area contributed by atoms with Gasteiger partial charge in [0.25, 0.3) is 5.91 Å². The topological polar surface area (TPSA) is 149 Å². The molecule has 2 aliphatic heterocycles. The van der Waals surface area contributed by atoms with Gasteiger partial charge in [-0.05, 0) is 22.6 Å². The molecular formula is C10H14IN2O8P. The molecule has 1 amide bonds. The molecule has 0 aromatic rings. The number of nitrogens with zero attached hydrogens (tertiary/aromatic N) is 1. The number of hydrogen-bond acceptors (Lipinski definition) is 7. The van der Waals surface area contributed by atoms with Crippen LogP contribution in [0.1, 0.15) is 0 Å². The van der Waals surface area contributed by atoms with Crippen LogP contribution < -0.4 is 5.32 Å². The lowest BCUT2D eigenvalue weighted by Crippen LogP contribution is -2.47. The van der Waals surface area contributed by atoms with E-state index >= 15 is 0 Å². The van der Waals surface area contributed by atoms with Crippen LogP contribution in [0.3, 0.4) is 0 Å². The zero-order valence-corrected chi connectivity index (χ0v) is 14.0. The number of amides is 1. The smallest absolute Gasteiger partial charge is 0.387 e. The SMILES string of the molecule is C=C1NC(=O)C(I)=CN1C1O[C@H](COP(=O)(O)O)[C@@H](O)[C@H]1O. The second-order valence-corrected chi connectivity index (χ2v) is 7.02. The maximum absolute atomic E-state index is 11.5. The van der Waals surface area contributed by atoms with Gasteiger partial charge in [-0.25, -0.2) is 4.57 Å². The molecular weight excluding hydrogens is 434 g/mol. The van der Waals surface area contributed by atoms with E-state index in [1.54, 1.807) is 22.6 Å². The van der Waals surface area contributed by atoms with Gasteiger partial charge in [-0.2, -0.15) is 0 Å². The van der Waals surface area contributed by atoms with Crippen molar-refractivity contribution >= 4 is 36.3 Å². The molecule has 0 radical (unpaired) electrons. The molecule has 0 bridgehead atoms. The molecule has 4 atom stereocenters. The Morgan fingerprint density at radius 2 is 2.09 bits per heavy atom. The quantitative estimate of drug-likeness (QED) is 0.262. The van der Waals surface area contributed by atoms with Gasteiger partial charge in [0.05, 0.1) is 10.2 Å². The van der Waals surface area contributed by atoms with E-state index in [0.717, 1.165) is 0 Å². The van der Waals surface area contributed by atoms with Crippen molar-refractivity contribution in [3.63, 3.8) is 0 Å². The number of carbonyl (C=O) groups excluding carboxylic acids is 1. The van der Waals surface area contributed by atoms with E-state index in [1.165, 1.54) is 11.1 Å². The Hall–Kier alpha value is -0.530. The van der Waals surface area contributed by atoms with Crippen LogP contribution in [-0.2, 0) is 18.6 Å². The van der Waals surface area contributed by atoms with Crippen LogP contribution >= 0.6 is 30.4 Å².